The normalized spacial score (nSPS) is 15.9. The molecule has 0 aliphatic carbocycles. The van der Waals surface area contributed by atoms with Crippen molar-refractivity contribution in [1.29, 1.82) is 0 Å². The summed E-state index contributed by atoms with van der Waals surface area (Å²) >= 11 is 0. The van der Waals surface area contributed by atoms with E-state index in [0.717, 1.165) is 38.9 Å². The van der Waals surface area contributed by atoms with E-state index in [-0.39, 0.29) is 24.7 Å². The Morgan fingerprint density at radius 1 is 1.00 bits per heavy atom. The van der Waals surface area contributed by atoms with Gasteiger partial charge in [0.05, 0.1) is 15.1 Å². The quantitative estimate of drug-likeness (QED) is 0.117. The Morgan fingerprint density at radius 3 is 2.20 bits per heavy atom. The second-order valence-electron chi connectivity index (χ2n) is 11.7. The molecule has 0 saturated carbocycles. The minimum Gasteiger partial charge on any atom is -0.530 e. The topological polar surface area (TPSA) is 124 Å². The van der Waals surface area contributed by atoms with Gasteiger partial charge in [-0.15, -0.1) is 0 Å². The summed E-state index contributed by atoms with van der Waals surface area (Å²) in [5.74, 6) is 0.466. The first-order chi connectivity index (χ1) is 21.7. The smallest absolute Gasteiger partial charge is 0.269 e. The summed E-state index contributed by atoms with van der Waals surface area (Å²) in [6, 6.07) is 24.8. The van der Waals surface area contributed by atoms with E-state index >= 15 is 0 Å². The molecule has 240 valence electrons. The van der Waals surface area contributed by atoms with Crippen molar-refractivity contribution in [2.24, 2.45) is 5.92 Å². The zero-order chi connectivity index (χ0) is 32.2. The average molecular weight is 633 g/mol. The fourth-order valence-electron chi connectivity index (χ4n) is 6.01. The summed E-state index contributed by atoms with van der Waals surface area (Å²) in [6.45, 7) is 4.95. The predicted molar refractivity (Wildman–Crippen MR) is 173 cm³/mol. The number of carbonyl (C=O) groups excluding carboxylic acids is 1. The zero-order valence-corrected chi connectivity index (χ0v) is 26.6. The van der Waals surface area contributed by atoms with Crippen LogP contribution in [0.4, 0.5) is 10.5 Å². The number of likely N-dealkylation sites (tertiary alicyclic amines) is 1. The van der Waals surface area contributed by atoms with Crippen LogP contribution in [0.1, 0.15) is 56.1 Å². The van der Waals surface area contributed by atoms with Crippen molar-refractivity contribution in [3.63, 3.8) is 0 Å². The van der Waals surface area contributed by atoms with Crippen LogP contribution >= 0.6 is 0 Å². The van der Waals surface area contributed by atoms with E-state index in [0.29, 0.717) is 29.2 Å². The van der Waals surface area contributed by atoms with E-state index in [4.69, 9.17) is 0 Å². The molecular weight excluding hydrogens is 590 g/mol. The van der Waals surface area contributed by atoms with Crippen LogP contribution < -0.4 is 5.11 Å². The lowest BCUT2D eigenvalue weighted by molar-refractivity contribution is -0.384. The van der Waals surface area contributed by atoms with Gasteiger partial charge < -0.3 is 19.7 Å². The molecule has 1 aliphatic heterocycles. The van der Waals surface area contributed by atoms with Crippen LogP contribution in [0.3, 0.4) is 0 Å². The van der Waals surface area contributed by atoms with Crippen molar-refractivity contribution in [2.45, 2.75) is 61.6 Å². The molecule has 4 rings (SSSR count). The molecule has 0 radical (unpaired) electrons. The van der Waals surface area contributed by atoms with Crippen LogP contribution in [0.25, 0.3) is 0 Å². The number of non-ortho nitro benzene ring substituents is 1. The van der Waals surface area contributed by atoms with Crippen molar-refractivity contribution in [3.05, 3.63) is 118 Å². The van der Waals surface area contributed by atoms with Gasteiger partial charge in [-0.1, -0.05) is 79.7 Å². The number of sulfone groups is 1. The Balaban J connectivity index is 1.29. The molecule has 1 amide bonds. The van der Waals surface area contributed by atoms with Gasteiger partial charge in [0.1, 0.15) is 6.09 Å². The van der Waals surface area contributed by atoms with Crippen molar-refractivity contribution in [1.82, 2.24) is 9.80 Å². The molecule has 10 heteroatoms. The van der Waals surface area contributed by atoms with Crippen LogP contribution in [0.15, 0.2) is 102 Å². The van der Waals surface area contributed by atoms with Crippen molar-refractivity contribution in [2.75, 3.05) is 26.2 Å². The monoisotopic (exact) mass is 632 g/mol. The number of benzene rings is 3. The molecule has 2 atom stereocenters. The molecule has 3 aromatic rings. The summed E-state index contributed by atoms with van der Waals surface area (Å²) in [5, 5.41) is 22.1. The summed E-state index contributed by atoms with van der Waals surface area (Å²) < 4.78 is 27.0. The number of nitrogens with zero attached hydrogens (tertiary/aromatic N) is 3. The van der Waals surface area contributed by atoms with Gasteiger partial charge in [0.25, 0.3) is 5.69 Å². The average Bonchev–Trinajstić information content (AvgIpc) is 3.06. The molecule has 45 heavy (non-hydrogen) atoms. The first kappa shape index (κ1) is 33.9. The zero-order valence-electron chi connectivity index (χ0n) is 25.7. The van der Waals surface area contributed by atoms with E-state index in [9.17, 15) is 28.4 Å². The van der Waals surface area contributed by atoms with Crippen LogP contribution in [0, 0.1) is 16.0 Å². The third-order valence-electron chi connectivity index (χ3n) is 8.72. The predicted octanol–water partition coefficient (Wildman–Crippen LogP) is 5.82. The van der Waals surface area contributed by atoms with Gasteiger partial charge in [-0.25, -0.2) is 8.42 Å². The minimum absolute atomic E-state index is 0.0401. The largest absolute Gasteiger partial charge is 0.530 e. The fourth-order valence-corrected chi connectivity index (χ4v) is 7.86. The summed E-state index contributed by atoms with van der Waals surface area (Å²) in [6.07, 6.45) is 6.58. The Hall–Kier alpha value is -4.02. The SMILES string of the molecule is CCC(CC(CCN1CCC(C=CCN(Cc2ccc([N+](=O)[O-])cc2)C(=O)[O-])CC1)c1ccccc1)S(=O)(=O)c1ccccc1. The van der Waals surface area contributed by atoms with Crippen molar-refractivity contribution < 1.29 is 23.2 Å². The van der Waals surface area contributed by atoms with Crippen molar-refractivity contribution >= 4 is 21.6 Å². The second-order valence-corrected chi connectivity index (χ2v) is 13.9. The lowest BCUT2D eigenvalue weighted by atomic mass is 9.89. The number of carbonyl (C=O) groups is 1. The van der Waals surface area contributed by atoms with E-state index in [1.807, 2.05) is 37.3 Å². The third-order valence-corrected chi connectivity index (χ3v) is 11.1. The van der Waals surface area contributed by atoms with E-state index in [1.165, 1.54) is 22.6 Å². The molecule has 0 N–H and O–H groups in total. The highest BCUT2D eigenvalue weighted by atomic mass is 32.2. The molecule has 0 bridgehead atoms. The Labute approximate surface area is 266 Å². The van der Waals surface area contributed by atoms with Crippen LogP contribution in [-0.4, -0.2) is 60.7 Å². The van der Waals surface area contributed by atoms with Crippen LogP contribution in [0.2, 0.25) is 0 Å². The number of hydrogen-bond acceptors (Lipinski definition) is 7. The molecule has 1 fully saturated rings. The lowest BCUT2D eigenvalue weighted by Crippen LogP contribution is -2.40. The maximum atomic E-state index is 13.5. The van der Waals surface area contributed by atoms with E-state index in [2.05, 4.69) is 23.1 Å². The number of nitro groups is 1. The Bertz CT molecular complexity index is 1510. The van der Waals surface area contributed by atoms with Gasteiger partial charge in [-0.05, 0) is 86.8 Å². The number of nitro benzene ring substituents is 1. The standard InChI is InChI=1S/C35H43N3O6S/c1-2-33(45(43,44)34-13-7-4-8-14-34)26-31(30-11-5-3-6-12-30)21-25-36-23-19-28(20-24-36)10-9-22-37(35(39)40)27-29-15-17-32(18-16-29)38(41)42/h3-18,28,31,33H,2,19-27H2,1H3,(H,39,40)/p-1. The van der Waals surface area contributed by atoms with E-state index < -0.39 is 26.1 Å². The van der Waals surface area contributed by atoms with Gasteiger partial charge in [0.2, 0.25) is 0 Å². The number of piperidine rings is 1. The molecule has 9 nitrogen and oxygen atoms in total. The summed E-state index contributed by atoms with van der Waals surface area (Å²) in [7, 11) is -3.44. The minimum atomic E-state index is -3.44. The number of allylic oxidation sites excluding steroid dienone is 1. The van der Waals surface area contributed by atoms with E-state index in [1.54, 1.807) is 36.4 Å². The molecule has 1 heterocycles. The Morgan fingerprint density at radius 2 is 1.62 bits per heavy atom. The van der Waals surface area contributed by atoms with Gasteiger partial charge >= 0.3 is 0 Å². The van der Waals surface area contributed by atoms with Crippen LogP contribution in [0.5, 0.6) is 0 Å². The van der Waals surface area contributed by atoms with Crippen molar-refractivity contribution in [3.8, 4) is 0 Å². The second kappa shape index (κ2) is 16.3. The molecule has 0 aromatic heterocycles. The maximum absolute atomic E-state index is 13.5. The lowest BCUT2D eigenvalue weighted by Gasteiger charge is -2.32. The number of rotatable bonds is 15. The molecule has 3 aromatic carbocycles. The number of hydrogen-bond donors (Lipinski definition) is 0. The third kappa shape index (κ3) is 9.73. The highest BCUT2D eigenvalue weighted by Crippen LogP contribution is 2.32. The maximum Gasteiger partial charge on any atom is 0.269 e. The van der Waals surface area contributed by atoms with Gasteiger partial charge in [0, 0.05) is 25.2 Å². The number of carboxylic acid groups (broad SMARTS) is 1. The van der Waals surface area contributed by atoms with Gasteiger partial charge in [-0.3, -0.25) is 10.1 Å². The first-order valence-corrected chi connectivity index (χ1v) is 17.1. The molecule has 1 saturated heterocycles. The fraction of sp³-hybridized carbons (Fsp3) is 0.400. The van der Waals surface area contributed by atoms with Gasteiger partial charge in [0.15, 0.2) is 9.84 Å². The molecule has 0 spiro atoms. The van der Waals surface area contributed by atoms with Crippen LogP contribution in [-0.2, 0) is 16.4 Å². The van der Waals surface area contributed by atoms with Gasteiger partial charge in [-0.2, -0.15) is 0 Å². The molecule has 1 aliphatic rings. The highest BCUT2D eigenvalue weighted by molar-refractivity contribution is 7.92. The highest BCUT2D eigenvalue weighted by Gasteiger charge is 2.30. The first-order valence-electron chi connectivity index (χ1n) is 15.6. The summed E-state index contributed by atoms with van der Waals surface area (Å²) in [4.78, 5) is 26.1. The molecule has 2 unspecified atom stereocenters. The Kier molecular flexibility index (Phi) is 12.3. The number of amides is 1. The summed E-state index contributed by atoms with van der Waals surface area (Å²) in [5.41, 5.74) is 1.79. The molecular formula is C35H42N3O6S-.